The van der Waals surface area contributed by atoms with Crippen LogP contribution >= 0.6 is 23.5 Å². The van der Waals surface area contributed by atoms with Crippen molar-refractivity contribution in [2.24, 2.45) is 0 Å². The van der Waals surface area contributed by atoms with Crippen molar-refractivity contribution < 1.29 is 10.2 Å². The van der Waals surface area contributed by atoms with E-state index in [4.69, 9.17) is 0 Å². The summed E-state index contributed by atoms with van der Waals surface area (Å²) in [7, 11) is 0. The Morgan fingerprint density at radius 2 is 0.597 bits per heavy atom. The molecule has 368 valence electrons. The van der Waals surface area contributed by atoms with Crippen molar-refractivity contribution in [2.75, 3.05) is 0 Å². The molecule has 1 aliphatic carbocycles. The molecule has 0 saturated heterocycles. The number of rotatable bonds is 14. The van der Waals surface area contributed by atoms with E-state index < -0.39 is 10.8 Å². The second kappa shape index (κ2) is 22.0. The van der Waals surface area contributed by atoms with Crippen molar-refractivity contribution in [1.82, 2.24) is 0 Å². The Morgan fingerprint density at radius 3 is 0.833 bits per heavy atom. The van der Waals surface area contributed by atoms with Crippen molar-refractivity contribution >= 4 is 23.5 Å². The third-order valence-corrected chi connectivity index (χ3v) is 18.3. The lowest BCUT2D eigenvalue weighted by Crippen LogP contribution is -2.32. The van der Waals surface area contributed by atoms with Crippen LogP contribution in [0.3, 0.4) is 0 Å². The van der Waals surface area contributed by atoms with E-state index in [2.05, 4.69) is 248 Å². The van der Waals surface area contributed by atoms with Crippen LogP contribution in [0.25, 0.3) is 0 Å². The van der Waals surface area contributed by atoms with Gasteiger partial charge in [0, 0.05) is 44.3 Å². The minimum absolute atomic E-state index is 0.169. The molecule has 1 aliphatic rings. The van der Waals surface area contributed by atoms with Gasteiger partial charge < -0.3 is 10.2 Å². The van der Waals surface area contributed by atoms with E-state index in [-0.39, 0.29) is 10.8 Å². The van der Waals surface area contributed by atoms with Crippen molar-refractivity contribution in [3.05, 3.63) is 273 Å². The summed E-state index contributed by atoms with van der Waals surface area (Å²) in [4.78, 5) is 0. The summed E-state index contributed by atoms with van der Waals surface area (Å²) in [6.45, 7) is 13.7. The van der Waals surface area contributed by atoms with Crippen LogP contribution in [-0.2, 0) is 33.2 Å². The number of hydrogen-bond acceptors (Lipinski definition) is 4. The minimum Gasteiger partial charge on any atom is -0.507 e. The molecule has 0 spiro atoms. The Labute approximate surface area is 439 Å². The van der Waals surface area contributed by atoms with Gasteiger partial charge in [-0.1, -0.05) is 261 Å². The van der Waals surface area contributed by atoms with E-state index in [0.29, 0.717) is 33.5 Å². The lowest BCUT2D eigenvalue weighted by molar-refractivity contribution is 0.453. The Kier molecular flexibility index (Phi) is 15.6. The second-order valence-electron chi connectivity index (χ2n) is 21.9. The van der Waals surface area contributed by atoms with Gasteiger partial charge in [0.05, 0.1) is 10.8 Å². The molecule has 0 amide bonds. The van der Waals surface area contributed by atoms with Crippen LogP contribution in [-0.4, -0.2) is 20.7 Å². The fraction of sp³-hybridized carbons (Fsp3) is 0.294. The Bertz CT molecular complexity index is 2590. The van der Waals surface area contributed by atoms with Crippen molar-refractivity contribution in [2.45, 2.75) is 124 Å². The van der Waals surface area contributed by atoms with Gasteiger partial charge in [-0.25, -0.2) is 0 Å². The summed E-state index contributed by atoms with van der Waals surface area (Å²) in [6.07, 6.45) is 7.11. The lowest BCUT2D eigenvalue weighted by atomic mass is 9.64. The fourth-order valence-electron chi connectivity index (χ4n) is 11.3. The molecule has 8 aromatic carbocycles. The number of aromatic hydroxyl groups is 2. The molecule has 0 aromatic heterocycles. The first-order valence-corrected chi connectivity index (χ1v) is 28.2. The Balaban J connectivity index is 1.12. The molecule has 2 N–H and O–H groups in total. The summed E-state index contributed by atoms with van der Waals surface area (Å²) < 4.78 is 0. The average Bonchev–Trinajstić information content (AvgIpc) is 3.39. The molecule has 0 heterocycles. The molecule has 72 heavy (non-hydrogen) atoms. The minimum atomic E-state index is -0.769. The van der Waals surface area contributed by atoms with Crippen LogP contribution < -0.4 is 0 Å². The Morgan fingerprint density at radius 1 is 0.347 bits per heavy atom. The van der Waals surface area contributed by atoms with Crippen molar-refractivity contribution in [1.29, 1.82) is 0 Å². The maximum absolute atomic E-state index is 13.1. The number of hydrogen-bond donors (Lipinski definition) is 2. The highest BCUT2D eigenvalue weighted by atomic mass is 32.2. The van der Waals surface area contributed by atoms with Crippen LogP contribution in [0, 0.1) is 0 Å². The Hall–Kier alpha value is -5.94. The van der Waals surface area contributed by atoms with Gasteiger partial charge in [-0.2, -0.15) is 23.5 Å². The summed E-state index contributed by atoms with van der Waals surface area (Å²) >= 11 is 4.05. The zero-order chi connectivity index (χ0) is 50.4. The van der Waals surface area contributed by atoms with E-state index in [1.54, 1.807) is 0 Å². The standard InChI is InChI=1S/C68H72O2S2/c1-65(2,3)57-43-49(63(69)59(45-57)67(51-29-15-9-16-30-51,52-31-17-10-18-32-52)53-33-19-11-20-34-53)47-71-61-41-27-7-8-28-42-62(61)72-48-50-44-58(66(4,5)6)46-60(64(50)70)68(54-35-21-12-22-36-54,55-37-23-13-24-38-55)56-39-25-14-26-40-56/h9-26,29-40,43-46,61-62,69-70H,7-8,27-28,41-42,47-48H2,1-6H3/t61-,62-/m0/s1. The summed E-state index contributed by atoms with van der Waals surface area (Å²) in [6, 6.07) is 73.7. The van der Waals surface area contributed by atoms with E-state index in [1.807, 2.05) is 23.5 Å². The fourth-order valence-corrected chi connectivity index (χ4v) is 14.4. The summed E-state index contributed by atoms with van der Waals surface area (Å²) in [5.41, 5.74) is 11.1. The zero-order valence-electron chi connectivity index (χ0n) is 43.2. The van der Waals surface area contributed by atoms with Gasteiger partial charge in [0.2, 0.25) is 0 Å². The molecule has 2 atom stereocenters. The molecule has 1 fully saturated rings. The highest BCUT2D eigenvalue weighted by Gasteiger charge is 2.43. The molecule has 2 nitrogen and oxygen atoms in total. The normalized spacial score (nSPS) is 15.9. The van der Waals surface area contributed by atoms with E-state index >= 15 is 0 Å². The predicted octanol–water partition coefficient (Wildman–Crippen LogP) is 17.7. The van der Waals surface area contributed by atoms with Gasteiger partial charge in [-0.15, -0.1) is 0 Å². The van der Waals surface area contributed by atoms with Crippen LogP contribution in [0.5, 0.6) is 11.5 Å². The van der Waals surface area contributed by atoms with Crippen LogP contribution in [0.2, 0.25) is 0 Å². The monoisotopic (exact) mass is 984 g/mol. The summed E-state index contributed by atoms with van der Waals surface area (Å²) in [5.74, 6) is 2.14. The molecular weight excluding hydrogens is 913 g/mol. The predicted molar refractivity (Wildman–Crippen MR) is 308 cm³/mol. The third kappa shape index (κ3) is 10.3. The first-order valence-electron chi connectivity index (χ1n) is 26.1. The molecule has 9 rings (SSSR count). The van der Waals surface area contributed by atoms with Crippen LogP contribution in [0.15, 0.2) is 206 Å². The summed E-state index contributed by atoms with van der Waals surface area (Å²) in [5, 5.41) is 26.9. The van der Waals surface area contributed by atoms with Gasteiger partial charge in [0.1, 0.15) is 11.5 Å². The maximum Gasteiger partial charge on any atom is 0.124 e. The molecule has 0 radical (unpaired) electrons. The average molecular weight is 985 g/mol. The van der Waals surface area contributed by atoms with Gasteiger partial charge in [-0.3, -0.25) is 0 Å². The highest BCUT2D eigenvalue weighted by molar-refractivity contribution is 8.03. The van der Waals surface area contributed by atoms with Gasteiger partial charge in [0.15, 0.2) is 0 Å². The molecule has 4 heteroatoms. The first kappa shape index (κ1) is 51.0. The second-order valence-corrected chi connectivity index (χ2v) is 24.4. The first-order chi connectivity index (χ1) is 34.8. The molecular formula is C68H72O2S2. The van der Waals surface area contributed by atoms with Crippen LogP contribution in [0.4, 0.5) is 0 Å². The van der Waals surface area contributed by atoms with Crippen molar-refractivity contribution in [3.8, 4) is 11.5 Å². The largest absolute Gasteiger partial charge is 0.507 e. The number of phenols is 2. The van der Waals surface area contributed by atoms with Crippen molar-refractivity contribution in [3.63, 3.8) is 0 Å². The van der Waals surface area contributed by atoms with E-state index in [1.165, 1.54) is 36.8 Å². The quantitative estimate of drug-likeness (QED) is 0.107. The lowest BCUT2D eigenvalue weighted by Gasteiger charge is -2.39. The molecule has 8 aromatic rings. The van der Waals surface area contributed by atoms with Gasteiger partial charge in [-0.05, 0) is 80.3 Å². The smallest absolute Gasteiger partial charge is 0.124 e. The zero-order valence-corrected chi connectivity index (χ0v) is 44.8. The maximum atomic E-state index is 13.1. The molecule has 0 unspecified atom stereocenters. The topological polar surface area (TPSA) is 40.5 Å². The van der Waals surface area contributed by atoms with Gasteiger partial charge in [0.25, 0.3) is 0 Å². The number of phenolic OH excluding ortho intramolecular Hbond substituents is 2. The molecule has 1 saturated carbocycles. The molecule has 0 bridgehead atoms. The van der Waals surface area contributed by atoms with Gasteiger partial charge >= 0.3 is 0 Å². The molecule has 0 aliphatic heterocycles. The SMILES string of the molecule is CC(C)(C)c1cc(CS[C@H]2CCCCCC[C@@H]2SCc2cc(C(C)(C)C)cc(C(c3ccccc3)(c3ccccc3)c3ccccc3)c2O)c(O)c(C(c2ccccc2)(c2ccccc2)c2ccccc2)c1. The number of thioether (sulfide) groups is 2. The van der Waals surface area contributed by atoms with Crippen LogP contribution in [0.1, 0.15) is 147 Å². The van der Waals surface area contributed by atoms with E-state index in [0.717, 1.165) is 68.5 Å². The van der Waals surface area contributed by atoms with E-state index in [9.17, 15) is 10.2 Å². The highest BCUT2D eigenvalue weighted by Crippen LogP contribution is 2.53. The number of benzene rings is 8. The third-order valence-electron chi connectivity index (χ3n) is 15.2.